The highest BCUT2D eigenvalue weighted by Crippen LogP contribution is 2.35. The molecule has 1 aromatic carbocycles. The molecule has 2 rings (SSSR count). The molecule has 1 heterocycles. The van der Waals surface area contributed by atoms with Gasteiger partial charge in [-0.3, -0.25) is 0 Å². The van der Waals surface area contributed by atoms with Crippen LogP contribution in [0.3, 0.4) is 0 Å². The van der Waals surface area contributed by atoms with Crippen LogP contribution in [0, 0.1) is 6.92 Å². The maximum Gasteiger partial charge on any atom is 0.129 e. The summed E-state index contributed by atoms with van der Waals surface area (Å²) in [4.78, 5) is 5.74. The Morgan fingerprint density at radius 3 is 2.72 bits per heavy atom. The summed E-state index contributed by atoms with van der Waals surface area (Å²) >= 11 is 1.64. The Morgan fingerprint density at radius 1 is 1.39 bits per heavy atom. The third-order valence-electron chi connectivity index (χ3n) is 2.66. The smallest absolute Gasteiger partial charge is 0.129 e. The van der Waals surface area contributed by atoms with E-state index >= 15 is 0 Å². The van der Waals surface area contributed by atoms with Crippen molar-refractivity contribution in [2.75, 3.05) is 6.61 Å². The zero-order valence-electron chi connectivity index (χ0n) is 10.9. The van der Waals surface area contributed by atoms with Crippen molar-refractivity contribution >= 4 is 11.3 Å². The van der Waals surface area contributed by atoms with Gasteiger partial charge < -0.3 is 10.5 Å². The first-order chi connectivity index (χ1) is 8.63. The number of aromatic nitrogens is 1. The molecule has 0 spiro atoms. The Labute approximate surface area is 112 Å². The molecular formula is C14H18N2OS. The number of benzene rings is 1. The first-order valence-corrected chi connectivity index (χ1v) is 6.90. The number of aryl methyl sites for hydroxylation is 1. The molecule has 0 aliphatic heterocycles. The predicted octanol–water partition coefficient (Wildman–Crippen LogP) is 3.54. The molecule has 0 fully saturated rings. The molecule has 2 aromatic rings. The van der Waals surface area contributed by atoms with E-state index in [4.69, 9.17) is 10.5 Å². The third-order valence-corrected chi connectivity index (χ3v) is 4.06. The highest BCUT2D eigenvalue weighted by Gasteiger charge is 2.15. The lowest BCUT2D eigenvalue weighted by molar-refractivity contribution is 0.341. The van der Waals surface area contributed by atoms with Crippen molar-refractivity contribution in [3.05, 3.63) is 34.8 Å². The summed E-state index contributed by atoms with van der Waals surface area (Å²) in [6, 6.07) is 8.01. The van der Waals surface area contributed by atoms with Gasteiger partial charge in [0.1, 0.15) is 10.8 Å². The van der Waals surface area contributed by atoms with Crippen molar-refractivity contribution in [1.29, 1.82) is 0 Å². The number of nitrogens with zero attached hydrogens (tertiary/aromatic N) is 1. The van der Waals surface area contributed by atoms with Crippen LogP contribution < -0.4 is 10.5 Å². The molecule has 1 unspecified atom stereocenters. The standard InChI is InChI=1S/C14H18N2OS/c1-4-17-12-8-6-5-7-11(12)14-16-10(3)13(18-14)9(2)15/h5-9H,4,15H2,1-3H3. The van der Waals surface area contributed by atoms with Gasteiger partial charge in [0.25, 0.3) is 0 Å². The minimum atomic E-state index is 0.0236. The molecule has 96 valence electrons. The fourth-order valence-corrected chi connectivity index (χ4v) is 2.92. The number of rotatable bonds is 4. The van der Waals surface area contributed by atoms with Gasteiger partial charge in [-0.25, -0.2) is 4.98 Å². The van der Waals surface area contributed by atoms with Gasteiger partial charge in [-0.05, 0) is 32.9 Å². The number of para-hydroxylation sites is 1. The fraction of sp³-hybridized carbons (Fsp3) is 0.357. The summed E-state index contributed by atoms with van der Waals surface area (Å²) in [7, 11) is 0. The van der Waals surface area contributed by atoms with Gasteiger partial charge in [-0.15, -0.1) is 11.3 Å². The second kappa shape index (κ2) is 5.50. The first-order valence-electron chi connectivity index (χ1n) is 6.08. The normalized spacial score (nSPS) is 12.4. The highest BCUT2D eigenvalue weighted by atomic mass is 32.1. The van der Waals surface area contributed by atoms with Gasteiger partial charge >= 0.3 is 0 Å². The van der Waals surface area contributed by atoms with Crippen LogP contribution in [0.15, 0.2) is 24.3 Å². The summed E-state index contributed by atoms with van der Waals surface area (Å²) in [6.45, 7) is 6.62. The largest absolute Gasteiger partial charge is 0.493 e. The topological polar surface area (TPSA) is 48.1 Å². The van der Waals surface area contributed by atoms with Gasteiger partial charge in [0, 0.05) is 10.9 Å². The van der Waals surface area contributed by atoms with E-state index in [2.05, 4.69) is 4.98 Å². The molecule has 3 nitrogen and oxygen atoms in total. The highest BCUT2D eigenvalue weighted by molar-refractivity contribution is 7.15. The van der Waals surface area contributed by atoms with E-state index < -0.39 is 0 Å². The molecule has 4 heteroatoms. The summed E-state index contributed by atoms with van der Waals surface area (Å²) < 4.78 is 5.64. The zero-order chi connectivity index (χ0) is 13.1. The Balaban J connectivity index is 2.45. The molecule has 0 saturated heterocycles. The average molecular weight is 262 g/mol. The second-order valence-corrected chi connectivity index (χ2v) is 5.22. The number of nitrogens with two attached hydrogens (primary N) is 1. The number of hydrogen-bond donors (Lipinski definition) is 1. The number of hydrogen-bond acceptors (Lipinski definition) is 4. The van der Waals surface area contributed by atoms with Crippen LogP contribution in [-0.2, 0) is 0 Å². The van der Waals surface area contributed by atoms with Gasteiger partial charge in [0.05, 0.1) is 17.9 Å². The van der Waals surface area contributed by atoms with E-state index in [1.165, 1.54) is 0 Å². The predicted molar refractivity (Wildman–Crippen MR) is 76.1 cm³/mol. The lowest BCUT2D eigenvalue weighted by Gasteiger charge is -2.07. The van der Waals surface area contributed by atoms with Crippen LogP contribution in [0.5, 0.6) is 5.75 Å². The third kappa shape index (κ3) is 2.54. The van der Waals surface area contributed by atoms with Crippen LogP contribution in [0.25, 0.3) is 10.6 Å². The van der Waals surface area contributed by atoms with Crippen LogP contribution in [0.2, 0.25) is 0 Å². The van der Waals surface area contributed by atoms with Gasteiger partial charge in [-0.2, -0.15) is 0 Å². The number of thiazole rings is 1. The van der Waals surface area contributed by atoms with Gasteiger partial charge in [0.15, 0.2) is 0 Å². The van der Waals surface area contributed by atoms with Gasteiger partial charge in [-0.1, -0.05) is 12.1 Å². The van der Waals surface area contributed by atoms with E-state index in [1.807, 2.05) is 45.0 Å². The molecule has 0 bridgehead atoms. The average Bonchev–Trinajstić information content (AvgIpc) is 2.72. The summed E-state index contributed by atoms with van der Waals surface area (Å²) in [5.41, 5.74) is 7.99. The summed E-state index contributed by atoms with van der Waals surface area (Å²) in [5.74, 6) is 0.880. The quantitative estimate of drug-likeness (QED) is 0.916. The molecule has 0 aliphatic rings. The molecule has 0 amide bonds. The van der Waals surface area contributed by atoms with E-state index in [-0.39, 0.29) is 6.04 Å². The summed E-state index contributed by atoms with van der Waals surface area (Å²) in [5, 5.41) is 0.976. The molecule has 0 aliphatic carbocycles. The SMILES string of the molecule is CCOc1ccccc1-c1nc(C)c(C(C)N)s1. The molecule has 1 atom stereocenters. The Kier molecular flexibility index (Phi) is 3.99. The van der Waals surface area contributed by atoms with Crippen LogP contribution in [-0.4, -0.2) is 11.6 Å². The van der Waals surface area contributed by atoms with Crippen molar-refractivity contribution < 1.29 is 4.74 Å². The molecule has 0 saturated carbocycles. The van der Waals surface area contributed by atoms with Crippen LogP contribution in [0.4, 0.5) is 0 Å². The maximum atomic E-state index is 5.94. The Bertz CT molecular complexity index is 534. The number of ether oxygens (including phenoxy) is 1. The monoisotopic (exact) mass is 262 g/mol. The van der Waals surface area contributed by atoms with E-state index in [1.54, 1.807) is 11.3 Å². The fourth-order valence-electron chi connectivity index (χ4n) is 1.87. The second-order valence-electron chi connectivity index (χ2n) is 4.19. The Hall–Kier alpha value is -1.39. The molecular weight excluding hydrogens is 244 g/mol. The molecule has 18 heavy (non-hydrogen) atoms. The lowest BCUT2D eigenvalue weighted by Crippen LogP contribution is -2.03. The first kappa shape index (κ1) is 13.1. The maximum absolute atomic E-state index is 5.94. The van der Waals surface area contributed by atoms with Crippen molar-refractivity contribution in [3.63, 3.8) is 0 Å². The lowest BCUT2D eigenvalue weighted by atomic mass is 10.2. The summed E-state index contributed by atoms with van der Waals surface area (Å²) in [6.07, 6.45) is 0. The van der Waals surface area contributed by atoms with Crippen molar-refractivity contribution in [1.82, 2.24) is 4.98 Å². The van der Waals surface area contributed by atoms with Crippen molar-refractivity contribution in [3.8, 4) is 16.3 Å². The molecule has 0 radical (unpaired) electrons. The minimum absolute atomic E-state index is 0.0236. The van der Waals surface area contributed by atoms with Crippen LogP contribution >= 0.6 is 11.3 Å². The van der Waals surface area contributed by atoms with Crippen molar-refractivity contribution in [2.45, 2.75) is 26.8 Å². The Morgan fingerprint density at radius 2 is 2.11 bits per heavy atom. The van der Waals surface area contributed by atoms with E-state index in [9.17, 15) is 0 Å². The zero-order valence-corrected chi connectivity index (χ0v) is 11.8. The van der Waals surface area contributed by atoms with Crippen LogP contribution in [0.1, 0.15) is 30.5 Å². The van der Waals surface area contributed by atoms with Crippen molar-refractivity contribution in [2.24, 2.45) is 5.73 Å². The molecule has 2 N–H and O–H groups in total. The minimum Gasteiger partial charge on any atom is -0.493 e. The van der Waals surface area contributed by atoms with E-state index in [0.717, 1.165) is 26.9 Å². The van der Waals surface area contributed by atoms with E-state index in [0.29, 0.717) is 6.61 Å². The molecule has 1 aromatic heterocycles. The van der Waals surface area contributed by atoms with Gasteiger partial charge in [0.2, 0.25) is 0 Å².